The van der Waals surface area contributed by atoms with Crippen LogP contribution in [0, 0.1) is 5.92 Å². The Morgan fingerprint density at radius 1 is 0.974 bits per heavy atom. The minimum absolute atomic E-state index is 0.0646. The van der Waals surface area contributed by atoms with Gasteiger partial charge in [-0.2, -0.15) is 12.6 Å². The van der Waals surface area contributed by atoms with Gasteiger partial charge in [-0.3, -0.25) is 19.2 Å². The lowest BCUT2D eigenvalue weighted by molar-refractivity contribution is -0.143. The number of imidazole rings is 1. The monoisotopic (exact) mass is 559 g/mol. The molecule has 16 heteroatoms. The molecule has 214 valence electrons. The van der Waals surface area contributed by atoms with Crippen LogP contribution in [0.1, 0.15) is 32.9 Å². The fourth-order valence-corrected chi connectivity index (χ4v) is 3.54. The van der Waals surface area contributed by atoms with Crippen molar-refractivity contribution in [3.63, 3.8) is 0 Å². The van der Waals surface area contributed by atoms with Crippen LogP contribution in [0.3, 0.4) is 0 Å². The van der Waals surface area contributed by atoms with Gasteiger partial charge < -0.3 is 47.3 Å². The highest BCUT2D eigenvalue weighted by Crippen LogP contribution is 2.06. The first-order valence-corrected chi connectivity index (χ1v) is 12.5. The summed E-state index contributed by atoms with van der Waals surface area (Å²) in [6.07, 6.45) is 1.71. The number of thiol groups is 1. The molecule has 0 aliphatic rings. The van der Waals surface area contributed by atoms with E-state index in [4.69, 9.17) is 5.73 Å². The number of aromatic amines is 1. The maximum Gasteiger partial charge on any atom is 0.326 e. The average Bonchev–Trinajstić information content (AvgIpc) is 3.35. The molecule has 0 aromatic carbocycles. The third-order valence-corrected chi connectivity index (χ3v) is 5.71. The van der Waals surface area contributed by atoms with Crippen LogP contribution in [0.25, 0.3) is 0 Å². The van der Waals surface area contributed by atoms with Crippen molar-refractivity contribution >= 4 is 42.2 Å². The van der Waals surface area contributed by atoms with E-state index < -0.39 is 72.5 Å². The van der Waals surface area contributed by atoms with Crippen LogP contribution in [-0.2, 0) is 30.4 Å². The first-order chi connectivity index (χ1) is 17.8. The van der Waals surface area contributed by atoms with Crippen LogP contribution in [0.15, 0.2) is 12.5 Å². The Morgan fingerprint density at radius 2 is 1.55 bits per heavy atom. The van der Waals surface area contributed by atoms with Gasteiger partial charge in [-0.05, 0) is 19.3 Å². The second kappa shape index (κ2) is 15.9. The summed E-state index contributed by atoms with van der Waals surface area (Å²) in [5, 5.41) is 38.2. The first kappa shape index (κ1) is 32.8. The van der Waals surface area contributed by atoms with E-state index in [0.29, 0.717) is 5.69 Å². The Labute approximate surface area is 225 Å². The molecule has 0 spiro atoms. The van der Waals surface area contributed by atoms with Gasteiger partial charge in [-0.1, -0.05) is 13.8 Å². The number of nitrogens with two attached hydrogens (primary N) is 1. The van der Waals surface area contributed by atoms with E-state index in [9.17, 15) is 39.3 Å². The summed E-state index contributed by atoms with van der Waals surface area (Å²) in [5.74, 6) is -5.04. The smallest absolute Gasteiger partial charge is 0.326 e. The predicted molar refractivity (Wildman–Crippen MR) is 138 cm³/mol. The van der Waals surface area contributed by atoms with E-state index >= 15 is 0 Å². The lowest BCUT2D eigenvalue weighted by Crippen LogP contribution is -2.61. The van der Waals surface area contributed by atoms with Gasteiger partial charge in [0, 0.05) is 24.1 Å². The number of hydrogen-bond donors (Lipinski definition) is 10. The van der Waals surface area contributed by atoms with Gasteiger partial charge in [0.2, 0.25) is 23.6 Å². The number of aliphatic carboxylic acids is 1. The Hall–Kier alpha value is -3.21. The summed E-state index contributed by atoms with van der Waals surface area (Å²) in [6.45, 7) is 3.84. The van der Waals surface area contributed by atoms with Crippen molar-refractivity contribution in [1.82, 2.24) is 31.2 Å². The predicted octanol–water partition coefficient (Wildman–Crippen LogP) is -3.35. The number of hydrogen-bond acceptors (Lipinski definition) is 10. The highest BCUT2D eigenvalue weighted by atomic mass is 32.1. The molecule has 0 aliphatic carbocycles. The molecule has 1 rings (SSSR count). The Morgan fingerprint density at radius 3 is 2.03 bits per heavy atom. The molecule has 38 heavy (non-hydrogen) atoms. The van der Waals surface area contributed by atoms with Gasteiger partial charge in [0.05, 0.1) is 25.1 Å². The standard InChI is InChI=1S/C22H37N7O8S/c1-10(2)4-14(22(36)37)26-21(35)17(11(3)31)29-19(33)15(7-30)27-20(34)16(8-38)28-18(32)13(23)5-12-6-24-9-25-12/h6,9-11,13-17,30-31,38H,4-5,7-8,23H2,1-3H3,(H,24,25)(H,26,35)(H,27,34)(H,28,32)(H,29,33)(H,36,37)/t11-,13+,14+,15+,16+,17+/m1/s1. The van der Waals surface area contributed by atoms with Crippen molar-refractivity contribution in [2.24, 2.45) is 11.7 Å². The molecular weight excluding hydrogens is 522 g/mol. The number of H-pyrrole nitrogens is 1. The van der Waals surface area contributed by atoms with Crippen molar-refractivity contribution in [2.75, 3.05) is 12.4 Å². The molecule has 0 fully saturated rings. The largest absolute Gasteiger partial charge is 0.480 e. The third kappa shape index (κ3) is 10.6. The summed E-state index contributed by atoms with van der Waals surface area (Å²) < 4.78 is 0. The molecule has 15 nitrogen and oxygen atoms in total. The number of aliphatic hydroxyl groups excluding tert-OH is 2. The van der Waals surface area contributed by atoms with E-state index in [1.54, 1.807) is 13.8 Å². The topological polar surface area (TPSA) is 249 Å². The summed E-state index contributed by atoms with van der Waals surface area (Å²) >= 11 is 4.04. The zero-order valence-electron chi connectivity index (χ0n) is 21.4. The number of carboxylic acids is 1. The number of carboxylic acid groups (broad SMARTS) is 1. The van der Waals surface area contributed by atoms with Crippen LogP contribution >= 0.6 is 12.6 Å². The number of aliphatic hydroxyl groups is 2. The summed E-state index contributed by atoms with van der Waals surface area (Å²) in [6, 6.07) is -6.64. The number of amides is 4. The molecule has 6 atom stereocenters. The average molecular weight is 560 g/mol. The van der Waals surface area contributed by atoms with Crippen molar-refractivity contribution < 1.29 is 39.3 Å². The number of carbonyl (C=O) groups is 5. The molecular formula is C22H37N7O8S. The molecule has 10 N–H and O–H groups in total. The third-order valence-electron chi connectivity index (χ3n) is 5.35. The van der Waals surface area contributed by atoms with Crippen LogP contribution in [0.5, 0.6) is 0 Å². The van der Waals surface area contributed by atoms with Gasteiger partial charge in [-0.25, -0.2) is 9.78 Å². The Balaban J connectivity index is 2.81. The van der Waals surface area contributed by atoms with E-state index in [2.05, 4.69) is 43.9 Å². The molecule has 1 aromatic rings. The molecule has 0 unspecified atom stereocenters. The number of nitrogens with one attached hydrogen (secondary N) is 5. The van der Waals surface area contributed by atoms with Gasteiger partial charge in [0.1, 0.15) is 24.2 Å². The zero-order chi connectivity index (χ0) is 29.0. The van der Waals surface area contributed by atoms with Gasteiger partial charge >= 0.3 is 5.97 Å². The fourth-order valence-electron chi connectivity index (χ4n) is 3.28. The zero-order valence-corrected chi connectivity index (χ0v) is 22.3. The fraction of sp³-hybridized carbons (Fsp3) is 0.636. The van der Waals surface area contributed by atoms with Gasteiger partial charge in [0.25, 0.3) is 0 Å². The van der Waals surface area contributed by atoms with Crippen LogP contribution in [0.2, 0.25) is 0 Å². The van der Waals surface area contributed by atoms with E-state index in [1.807, 2.05) is 0 Å². The summed E-state index contributed by atoms with van der Waals surface area (Å²) in [5.41, 5.74) is 6.46. The SMILES string of the molecule is CC(C)C[C@H](NC(=O)[C@@H](NC(=O)[C@H](CO)NC(=O)[C@H](CS)NC(=O)[C@@H](N)Cc1cnc[nH]1)[C@@H](C)O)C(=O)O. The molecule has 0 radical (unpaired) electrons. The molecule has 1 heterocycles. The van der Waals surface area contributed by atoms with Gasteiger partial charge in [-0.15, -0.1) is 0 Å². The molecule has 0 saturated heterocycles. The van der Waals surface area contributed by atoms with Crippen molar-refractivity contribution in [3.8, 4) is 0 Å². The molecule has 0 saturated carbocycles. The lowest BCUT2D eigenvalue weighted by atomic mass is 10.0. The minimum Gasteiger partial charge on any atom is -0.480 e. The number of rotatable bonds is 16. The lowest BCUT2D eigenvalue weighted by Gasteiger charge is -2.26. The molecule has 0 aliphatic heterocycles. The molecule has 0 bridgehead atoms. The number of carbonyl (C=O) groups excluding carboxylic acids is 4. The maximum atomic E-state index is 12.7. The van der Waals surface area contributed by atoms with Crippen LogP contribution in [-0.4, -0.2) is 104 Å². The van der Waals surface area contributed by atoms with E-state index in [0.717, 1.165) is 0 Å². The normalized spacial score (nSPS) is 15.9. The van der Waals surface area contributed by atoms with Crippen molar-refractivity contribution in [1.29, 1.82) is 0 Å². The molecule has 4 amide bonds. The Bertz CT molecular complexity index is 944. The summed E-state index contributed by atoms with van der Waals surface area (Å²) in [7, 11) is 0. The van der Waals surface area contributed by atoms with Crippen LogP contribution < -0.4 is 27.0 Å². The quantitative estimate of drug-likeness (QED) is 0.0901. The number of nitrogens with zero attached hydrogens (tertiary/aromatic N) is 1. The summed E-state index contributed by atoms with van der Waals surface area (Å²) in [4.78, 5) is 68.5. The first-order valence-electron chi connectivity index (χ1n) is 11.9. The van der Waals surface area contributed by atoms with Crippen molar-refractivity contribution in [2.45, 2.75) is 69.9 Å². The van der Waals surface area contributed by atoms with E-state index in [1.165, 1.54) is 19.4 Å². The van der Waals surface area contributed by atoms with E-state index in [-0.39, 0.29) is 24.5 Å². The van der Waals surface area contributed by atoms with Crippen LogP contribution in [0.4, 0.5) is 0 Å². The highest BCUT2D eigenvalue weighted by molar-refractivity contribution is 7.80. The highest BCUT2D eigenvalue weighted by Gasteiger charge is 2.33. The molecule has 1 aromatic heterocycles. The second-order valence-electron chi connectivity index (χ2n) is 9.13. The minimum atomic E-state index is -1.58. The Kier molecular flexibility index (Phi) is 13.7. The van der Waals surface area contributed by atoms with Crippen molar-refractivity contribution in [3.05, 3.63) is 18.2 Å². The maximum absolute atomic E-state index is 12.7. The second-order valence-corrected chi connectivity index (χ2v) is 9.50. The number of aromatic nitrogens is 2. The van der Waals surface area contributed by atoms with Gasteiger partial charge in [0.15, 0.2) is 0 Å².